The standard InChI is InChI=1S/C19H12BrN3O2/c20-15-7-5-13(6-8-15)19(24)23-22-12-16-9-10-18(25-16)17-4-2-1-3-14(17)11-21/h1-10,12H,(H,23,24)/b22-12-. The lowest BCUT2D eigenvalue weighted by molar-refractivity contribution is 0.0955. The molecule has 0 saturated heterocycles. The smallest absolute Gasteiger partial charge is 0.271 e. The van der Waals surface area contributed by atoms with Crippen LogP contribution < -0.4 is 5.43 Å². The van der Waals surface area contributed by atoms with Gasteiger partial charge >= 0.3 is 0 Å². The number of benzene rings is 2. The van der Waals surface area contributed by atoms with E-state index in [2.05, 4.69) is 32.5 Å². The summed E-state index contributed by atoms with van der Waals surface area (Å²) >= 11 is 3.32. The molecule has 0 unspecified atom stereocenters. The molecule has 3 rings (SSSR count). The lowest BCUT2D eigenvalue weighted by Crippen LogP contribution is -2.17. The van der Waals surface area contributed by atoms with Crippen LogP contribution in [0.5, 0.6) is 0 Å². The van der Waals surface area contributed by atoms with Crippen LogP contribution >= 0.6 is 15.9 Å². The molecule has 25 heavy (non-hydrogen) atoms. The molecule has 5 nitrogen and oxygen atoms in total. The highest BCUT2D eigenvalue weighted by Gasteiger charge is 2.08. The largest absolute Gasteiger partial charge is 0.455 e. The van der Waals surface area contributed by atoms with Gasteiger partial charge in [-0.15, -0.1) is 0 Å². The number of hydrogen-bond acceptors (Lipinski definition) is 4. The van der Waals surface area contributed by atoms with Gasteiger partial charge in [-0.1, -0.05) is 28.1 Å². The predicted octanol–water partition coefficient (Wildman–Crippen LogP) is 4.34. The summed E-state index contributed by atoms with van der Waals surface area (Å²) in [7, 11) is 0. The average molecular weight is 394 g/mol. The maximum absolute atomic E-state index is 11.9. The molecule has 3 aromatic rings. The molecule has 0 aliphatic heterocycles. The van der Waals surface area contributed by atoms with Crippen molar-refractivity contribution in [3.63, 3.8) is 0 Å². The van der Waals surface area contributed by atoms with Gasteiger partial charge < -0.3 is 4.42 Å². The van der Waals surface area contributed by atoms with Crippen LogP contribution in [0.1, 0.15) is 21.7 Å². The zero-order valence-corrected chi connectivity index (χ0v) is 14.5. The van der Waals surface area contributed by atoms with Crippen molar-refractivity contribution >= 4 is 28.1 Å². The SMILES string of the molecule is N#Cc1ccccc1-c1ccc(/C=N\NC(=O)c2ccc(Br)cc2)o1. The second-order valence-electron chi connectivity index (χ2n) is 5.07. The summed E-state index contributed by atoms with van der Waals surface area (Å²) in [6.07, 6.45) is 1.41. The molecule has 0 bridgehead atoms. The summed E-state index contributed by atoms with van der Waals surface area (Å²) in [6.45, 7) is 0. The average Bonchev–Trinajstić information content (AvgIpc) is 3.11. The fourth-order valence-electron chi connectivity index (χ4n) is 2.18. The van der Waals surface area contributed by atoms with Crippen molar-refractivity contribution in [1.82, 2.24) is 5.43 Å². The molecule has 1 amide bonds. The third kappa shape index (κ3) is 4.03. The first-order chi connectivity index (χ1) is 12.2. The van der Waals surface area contributed by atoms with E-state index in [0.717, 1.165) is 4.47 Å². The molecule has 6 heteroatoms. The van der Waals surface area contributed by atoms with Crippen LogP contribution in [0.3, 0.4) is 0 Å². The van der Waals surface area contributed by atoms with Gasteiger partial charge in [0.15, 0.2) is 0 Å². The summed E-state index contributed by atoms with van der Waals surface area (Å²) in [5.41, 5.74) is 4.19. The Bertz CT molecular complexity index is 969. The fraction of sp³-hybridized carbons (Fsp3) is 0. The van der Waals surface area contributed by atoms with Gasteiger partial charge in [-0.3, -0.25) is 4.79 Å². The lowest BCUT2D eigenvalue weighted by Gasteiger charge is -1.99. The van der Waals surface area contributed by atoms with E-state index in [4.69, 9.17) is 9.68 Å². The van der Waals surface area contributed by atoms with Gasteiger partial charge in [0.2, 0.25) is 0 Å². The molecule has 0 saturated carbocycles. The molecule has 0 aliphatic carbocycles. The predicted molar refractivity (Wildman–Crippen MR) is 98.1 cm³/mol. The van der Waals surface area contributed by atoms with Crippen LogP contribution in [-0.4, -0.2) is 12.1 Å². The van der Waals surface area contributed by atoms with Crippen molar-refractivity contribution in [2.45, 2.75) is 0 Å². The highest BCUT2D eigenvalue weighted by molar-refractivity contribution is 9.10. The normalized spacial score (nSPS) is 10.6. The van der Waals surface area contributed by atoms with Gasteiger partial charge in [0.05, 0.1) is 17.8 Å². The number of carbonyl (C=O) groups is 1. The third-order valence-corrected chi connectivity index (χ3v) is 3.93. The maximum atomic E-state index is 11.9. The summed E-state index contributed by atoms with van der Waals surface area (Å²) < 4.78 is 6.55. The van der Waals surface area contributed by atoms with Crippen molar-refractivity contribution in [2.24, 2.45) is 5.10 Å². The molecule has 0 aliphatic rings. The van der Waals surface area contributed by atoms with Crippen LogP contribution in [0, 0.1) is 11.3 Å². The fourth-order valence-corrected chi connectivity index (χ4v) is 2.45. The number of hydrazone groups is 1. The van der Waals surface area contributed by atoms with Crippen LogP contribution in [0.4, 0.5) is 0 Å². The monoisotopic (exact) mass is 393 g/mol. The minimum atomic E-state index is -0.314. The van der Waals surface area contributed by atoms with Crippen molar-refractivity contribution in [2.75, 3.05) is 0 Å². The zero-order valence-electron chi connectivity index (χ0n) is 12.9. The van der Waals surface area contributed by atoms with Crippen molar-refractivity contribution in [3.8, 4) is 17.4 Å². The number of halogens is 1. The topological polar surface area (TPSA) is 78.4 Å². The van der Waals surface area contributed by atoms with Crippen LogP contribution in [-0.2, 0) is 0 Å². The van der Waals surface area contributed by atoms with Crippen LogP contribution in [0.2, 0.25) is 0 Å². The summed E-state index contributed by atoms with van der Waals surface area (Å²) in [4.78, 5) is 11.9. The number of nitrogens with one attached hydrogen (secondary N) is 1. The van der Waals surface area contributed by atoms with Crippen molar-refractivity contribution in [3.05, 3.63) is 82.0 Å². The molecule has 0 atom stereocenters. The molecule has 0 spiro atoms. The minimum Gasteiger partial charge on any atom is -0.455 e. The van der Waals surface area contributed by atoms with E-state index in [1.54, 1.807) is 48.5 Å². The van der Waals surface area contributed by atoms with E-state index in [9.17, 15) is 4.79 Å². The van der Waals surface area contributed by atoms with Gasteiger partial charge in [0, 0.05) is 15.6 Å². The summed E-state index contributed by atoms with van der Waals surface area (Å²) in [5.74, 6) is 0.724. The Balaban J connectivity index is 1.69. The van der Waals surface area contributed by atoms with Crippen LogP contribution in [0.25, 0.3) is 11.3 Å². The number of nitriles is 1. The third-order valence-electron chi connectivity index (χ3n) is 3.40. The number of nitrogens with zero attached hydrogens (tertiary/aromatic N) is 2. The molecule has 0 radical (unpaired) electrons. The highest BCUT2D eigenvalue weighted by atomic mass is 79.9. The number of furan rings is 1. The molecule has 0 fully saturated rings. The van der Waals surface area contributed by atoms with Gasteiger partial charge in [-0.2, -0.15) is 10.4 Å². The molecule has 122 valence electrons. The molecular formula is C19H12BrN3O2. The first-order valence-corrected chi connectivity index (χ1v) is 8.15. The lowest BCUT2D eigenvalue weighted by atomic mass is 10.1. The molecular weight excluding hydrogens is 382 g/mol. The van der Waals surface area contributed by atoms with Gasteiger partial charge in [0.25, 0.3) is 5.91 Å². The highest BCUT2D eigenvalue weighted by Crippen LogP contribution is 2.24. The van der Waals surface area contributed by atoms with Crippen LogP contribution in [0.15, 0.2) is 74.7 Å². The van der Waals surface area contributed by atoms with E-state index in [-0.39, 0.29) is 5.91 Å². The Kier molecular flexibility index (Phi) is 5.07. The van der Waals surface area contributed by atoms with E-state index in [1.807, 2.05) is 12.1 Å². The Morgan fingerprint density at radius 3 is 2.64 bits per heavy atom. The van der Waals surface area contributed by atoms with E-state index in [0.29, 0.717) is 28.2 Å². The first-order valence-electron chi connectivity index (χ1n) is 7.35. The summed E-state index contributed by atoms with van der Waals surface area (Å²) in [5, 5.41) is 13.0. The quantitative estimate of drug-likeness (QED) is 0.528. The summed E-state index contributed by atoms with van der Waals surface area (Å²) in [6, 6.07) is 19.7. The number of hydrogen-bond donors (Lipinski definition) is 1. The maximum Gasteiger partial charge on any atom is 0.271 e. The van der Waals surface area contributed by atoms with Gasteiger partial charge in [0.1, 0.15) is 11.5 Å². The van der Waals surface area contributed by atoms with Gasteiger partial charge in [-0.25, -0.2) is 5.43 Å². The Labute approximate surface area is 152 Å². The number of carbonyl (C=O) groups excluding carboxylic acids is 1. The van der Waals surface area contributed by atoms with E-state index < -0.39 is 0 Å². The second kappa shape index (κ2) is 7.60. The number of amides is 1. The molecule has 1 heterocycles. The molecule has 1 N–H and O–H groups in total. The minimum absolute atomic E-state index is 0.314. The Morgan fingerprint density at radius 2 is 1.88 bits per heavy atom. The zero-order chi connectivity index (χ0) is 17.6. The second-order valence-corrected chi connectivity index (χ2v) is 5.98. The van der Waals surface area contributed by atoms with E-state index >= 15 is 0 Å². The van der Waals surface area contributed by atoms with E-state index in [1.165, 1.54) is 6.21 Å². The first kappa shape index (κ1) is 16.7. The number of rotatable bonds is 4. The van der Waals surface area contributed by atoms with Gasteiger partial charge in [-0.05, 0) is 48.5 Å². The van der Waals surface area contributed by atoms with Crippen molar-refractivity contribution in [1.29, 1.82) is 5.26 Å². The molecule has 2 aromatic carbocycles. The van der Waals surface area contributed by atoms with Crippen molar-refractivity contribution < 1.29 is 9.21 Å². The molecule has 1 aromatic heterocycles. The Morgan fingerprint density at radius 1 is 1.12 bits per heavy atom. The Hall–Kier alpha value is -3.17.